The van der Waals surface area contributed by atoms with Crippen molar-refractivity contribution in [1.82, 2.24) is 10.0 Å². The van der Waals surface area contributed by atoms with Crippen LogP contribution in [0.3, 0.4) is 0 Å². The van der Waals surface area contributed by atoms with Crippen molar-refractivity contribution in [2.24, 2.45) is 0 Å². The summed E-state index contributed by atoms with van der Waals surface area (Å²) in [6.07, 6.45) is 0.748. The van der Waals surface area contributed by atoms with E-state index in [4.69, 9.17) is 4.74 Å². The topological polar surface area (TPSA) is 67.4 Å². The van der Waals surface area contributed by atoms with Gasteiger partial charge >= 0.3 is 0 Å². The maximum absolute atomic E-state index is 12.1. The van der Waals surface area contributed by atoms with Crippen molar-refractivity contribution in [2.75, 3.05) is 13.7 Å². The second kappa shape index (κ2) is 7.61. The van der Waals surface area contributed by atoms with Gasteiger partial charge in [-0.3, -0.25) is 0 Å². The predicted octanol–water partition coefficient (Wildman–Crippen LogP) is 1.88. The highest BCUT2D eigenvalue weighted by Crippen LogP contribution is 2.24. The van der Waals surface area contributed by atoms with E-state index in [-0.39, 0.29) is 4.90 Å². The number of rotatable bonds is 8. The highest BCUT2D eigenvalue weighted by Gasteiger charge is 2.19. The Hall–Kier alpha value is -1.11. The van der Waals surface area contributed by atoms with Crippen LogP contribution in [0, 0.1) is 0 Å². The second-order valence-corrected chi connectivity index (χ2v) is 6.65. The molecule has 0 unspecified atom stereocenters. The fourth-order valence-electron chi connectivity index (χ4n) is 1.68. The molecule has 1 aromatic rings. The molecule has 5 nitrogen and oxygen atoms in total. The average molecular weight is 300 g/mol. The summed E-state index contributed by atoms with van der Waals surface area (Å²) < 4.78 is 32.0. The minimum absolute atomic E-state index is 0.182. The van der Waals surface area contributed by atoms with Gasteiger partial charge in [-0.05, 0) is 24.1 Å². The van der Waals surface area contributed by atoms with Crippen LogP contribution in [0.1, 0.15) is 32.8 Å². The Bertz CT molecular complexity index is 527. The summed E-state index contributed by atoms with van der Waals surface area (Å²) in [4.78, 5) is 0.182. The highest BCUT2D eigenvalue weighted by atomic mass is 32.2. The molecule has 0 heterocycles. The first-order valence-electron chi connectivity index (χ1n) is 6.80. The van der Waals surface area contributed by atoms with Crippen LogP contribution in [0.25, 0.3) is 0 Å². The maximum Gasteiger partial charge on any atom is 0.244 e. The molecule has 0 bridgehead atoms. The fraction of sp³-hybridized carbons (Fsp3) is 0.571. The summed E-state index contributed by atoms with van der Waals surface area (Å²) in [5.74, 6) is 0.372. The summed E-state index contributed by atoms with van der Waals surface area (Å²) >= 11 is 0. The molecule has 0 atom stereocenters. The van der Waals surface area contributed by atoms with E-state index in [0.717, 1.165) is 12.0 Å². The zero-order valence-corrected chi connectivity index (χ0v) is 13.4. The molecule has 0 fully saturated rings. The van der Waals surface area contributed by atoms with Gasteiger partial charge in [0.2, 0.25) is 10.0 Å². The third-order valence-electron chi connectivity index (χ3n) is 2.77. The molecule has 0 aliphatic carbocycles. The third-order valence-corrected chi connectivity index (χ3v) is 4.27. The molecule has 0 radical (unpaired) electrons. The zero-order valence-electron chi connectivity index (χ0n) is 12.6. The average Bonchev–Trinajstić information content (AvgIpc) is 2.42. The Morgan fingerprint density at radius 1 is 1.30 bits per heavy atom. The largest absolute Gasteiger partial charge is 0.495 e. The van der Waals surface area contributed by atoms with Gasteiger partial charge in [-0.15, -0.1) is 0 Å². The summed E-state index contributed by atoms with van der Waals surface area (Å²) in [6.45, 7) is 7.13. The van der Waals surface area contributed by atoms with Crippen LogP contribution in [0.2, 0.25) is 0 Å². The molecule has 0 amide bonds. The van der Waals surface area contributed by atoms with E-state index in [1.165, 1.54) is 7.11 Å². The number of sulfonamides is 1. The minimum atomic E-state index is -3.51. The standard InChI is InChI=1S/C14H24N2O3S/c1-5-8-16-20(17,18)14-7-6-12(9-13(14)19-4)10-15-11(2)3/h6-7,9,11,15-16H,5,8,10H2,1-4H3. The first kappa shape index (κ1) is 16.9. The molecule has 20 heavy (non-hydrogen) atoms. The monoisotopic (exact) mass is 300 g/mol. The number of benzene rings is 1. The molecule has 2 N–H and O–H groups in total. The minimum Gasteiger partial charge on any atom is -0.495 e. The van der Waals surface area contributed by atoms with Gasteiger partial charge < -0.3 is 10.1 Å². The normalized spacial score (nSPS) is 11.8. The number of hydrogen-bond acceptors (Lipinski definition) is 4. The Balaban J connectivity index is 2.98. The number of ether oxygens (including phenoxy) is 1. The second-order valence-electron chi connectivity index (χ2n) is 4.92. The van der Waals surface area contributed by atoms with Crippen molar-refractivity contribution in [3.8, 4) is 5.75 Å². The molecule has 1 aromatic carbocycles. The number of methoxy groups -OCH3 is 1. The van der Waals surface area contributed by atoms with Crippen LogP contribution in [-0.2, 0) is 16.6 Å². The van der Waals surface area contributed by atoms with Gasteiger partial charge in [0.25, 0.3) is 0 Å². The zero-order chi connectivity index (χ0) is 15.2. The van der Waals surface area contributed by atoms with Gasteiger partial charge in [0, 0.05) is 19.1 Å². The van der Waals surface area contributed by atoms with Crippen molar-refractivity contribution in [1.29, 1.82) is 0 Å². The van der Waals surface area contributed by atoms with Gasteiger partial charge in [0.15, 0.2) is 0 Å². The van der Waals surface area contributed by atoms with E-state index < -0.39 is 10.0 Å². The van der Waals surface area contributed by atoms with Gasteiger partial charge in [0.1, 0.15) is 10.6 Å². The lowest BCUT2D eigenvalue weighted by atomic mass is 10.2. The van der Waals surface area contributed by atoms with Gasteiger partial charge in [-0.25, -0.2) is 13.1 Å². The lowest BCUT2D eigenvalue weighted by Crippen LogP contribution is -2.25. The van der Waals surface area contributed by atoms with Crippen molar-refractivity contribution in [3.05, 3.63) is 23.8 Å². The van der Waals surface area contributed by atoms with E-state index in [1.54, 1.807) is 18.2 Å². The molecule has 0 saturated heterocycles. The predicted molar refractivity (Wildman–Crippen MR) is 80.4 cm³/mol. The summed E-state index contributed by atoms with van der Waals surface area (Å²) in [7, 11) is -2.03. The Morgan fingerprint density at radius 2 is 2.00 bits per heavy atom. The Kier molecular flexibility index (Phi) is 6.45. The molecular formula is C14H24N2O3S. The van der Waals surface area contributed by atoms with Crippen molar-refractivity contribution >= 4 is 10.0 Å². The van der Waals surface area contributed by atoms with Crippen molar-refractivity contribution in [3.63, 3.8) is 0 Å². The van der Waals surface area contributed by atoms with Crippen LogP contribution in [0.5, 0.6) is 5.75 Å². The van der Waals surface area contributed by atoms with Crippen LogP contribution in [0.15, 0.2) is 23.1 Å². The van der Waals surface area contributed by atoms with Gasteiger partial charge in [-0.2, -0.15) is 0 Å². The fourth-order valence-corrected chi connectivity index (χ4v) is 2.96. The van der Waals surface area contributed by atoms with E-state index in [0.29, 0.717) is 24.9 Å². The molecular weight excluding hydrogens is 276 g/mol. The first-order chi connectivity index (χ1) is 9.40. The van der Waals surface area contributed by atoms with Crippen LogP contribution < -0.4 is 14.8 Å². The van der Waals surface area contributed by atoms with Crippen LogP contribution >= 0.6 is 0 Å². The van der Waals surface area contributed by atoms with E-state index in [1.807, 2.05) is 6.92 Å². The smallest absolute Gasteiger partial charge is 0.244 e. The molecule has 0 aromatic heterocycles. The molecule has 114 valence electrons. The Morgan fingerprint density at radius 3 is 2.55 bits per heavy atom. The quantitative estimate of drug-likeness (QED) is 0.769. The van der Waals surface area contributed by atoms with E-state index in [9.17, 15) is 8.42 Å². The molecule has 0 saturated carbocycles. The number of nitrogens with one attached hydrogen (secondary N) is 2. The first-order valence-corrected chi connectivity index (χ1v) is 8.29. The molecule has 1 rings (SSSR count). The Labute approximate surface area is 121 Å². The van der Waals surface area contributed by atoms with Gasteiger partial charge in [-0.1, -0.05) is 26.8 Å². The summed E-state index contributed by atoms with van der Waals surface area (Å²) in [5.41, 5.74) is 0.991. The van der Waals surface area contributed by atoms with Crippen molar-refractivity contribution in [2.45, 2.75) is 44.7 Å². The lowest BCUT2D eigenvalue weighted by Gasteiger charge is -2.13. The molecule has 0 aliphatic rings. The molecule has 6 heteroatoms. The number of hydrogen-bond donors (Lipinski definition) is 2. The van der Waals surface area contributed by atoms with Gasteiger partial charge in [0.05, 0.1) is 7.11 Å². The highest BCUT2D eigenvalue weighted by molar-refractivity contribution is 7.89. The van der Waals surface area contributed by atoms with Crippen molar-refractivity contribution < 1.29 is 13.2 Å². The lowest BCUT2D eigenvalue weighted by molar-refractivity contribution is 0.401. The summed E-state index contributed by atoms with van der Waals surface area (Å²) in [6, 6.07) is 5.53. The third kappa shape index (κ3) is 4.77. The van der Waals surface area contributed by atoms with Crippen LogP contribution in [-0.4, -0.2) is 28.1 Å². The SMILES string of the molecule is CCCNS(=O)(=O)c1ccc(CNC(C)C)cc1OC. The van der Waals surface area contributed by atoms with E-state index in [2.05, 4.69) is 23.9 Å². The molecule has 0 spiro atoms. The summed E-state index contributed by atoms with van der Waals surface area (Å²) in [5, 5.41) is 3.28. The van der Waals surface area contributed by atoms with E-state index >= 15 is 0 Å². The molecule has 0 aliphatic heterocycles. The maximum atomic E-state index is 12.1. The van der Waals surface area contributed by atoms with Crippen LogP contribution in [0.4, 0.5) is 0 Å².